The van der Waals surface area contributed by atoms with Gasteiger partial charge in [-0.2, -0.15) is 5.26 Å². The molecule has 2 nitrogen and oxygen atoms in total. The number of fused-ring (bicyclic) bond motifs is 1. The number of rotatable bonds is 2. The number of ether oxygens (including phenoxy) is 1. The molecule has 1 heterocycles. The van der Waals surface area contributed by atoms with Gasteiger partial charge in [-0.1, -0.05) is 48.5 Å². The molecule has 100 valence electrons. The zero-order valence-electron chi connectivity index (χ0n) is 11.4. The van der Waals surface area contributed by atoms with E-state index in [-0.39, 0.29) is 12.2 Å². The third-order valence-corrected chi connectivity index (χ3v) is 3.94. The Morgan fingerprint density at radius 1 is 0.762 bits per heavy atom. The van der Waals surface area contributed by atoms with Crippen molar-refractivity contribution in [3.63, 3.8) is 0 Å². The number of epoxide rings is 1. The van der Waals surface area contributed by atoms with Crippen LogP contribution in [0.3, 0.4) is 0 Å². The van der Waals surface area contributed by atoms with Crippen LogP contribution in [-0.2, 0) is 4.74 Å². The predicted molar refractivity (Wildman–Crippen MR) is 81.7 cm³/mol. The normalized spacial score (nSPS) is 20.1. The molecule has 0 amide bonds. The van der Waals surface area contributed by atoms with Crippen molar-refractivity contribution in [2.45, 2.75) is 12.2 Å². The first-order valence-corrected chi connectivity index (χ1v) is 6.99. The van der Waals surface area contributed by atoms with Gasteiger partial charge in [0.25, 0.3) is 0 Å². The van der Waals surface area contributed by atoms with Gasteiger partial charge in [-0.3, -0.25) is 0 Å². The highest BCUT2D eigenvalue weighted by atomic mass is 16.6. The summed E-state index contributed by atoms with van der Waals surface area (Å²) < 4.78 is 5.83. The topological polar surface area (TPSA) is 36.3 Å². The molecule has 0 N–H and O–H groups in total. The van der Waals surface area contributed by atoms with Crippen molar-refractivity contribution < 1.29 is 4.74 Å². The molecule has 0 spiro atoms. The van der Waals surface area contributed by atoms with Crippen LogP contribution in [0.2, 0.25) is 0 Å². The fraction of sp³-hybridized carbons (Fsp3) is 0.105. The van der Waals surface area contributed by atoms with E-state index in [0.29, 0.717) is 5.56 Å². The number of benzene rings is 3. The van der Waals surface area contributed by atoms with Crippen LogP contribution in [0.5, 0.6) is 0 Å². The van der Waals surface area contributed by atoms with Crippen LogP contribution in [0.1, 0.15) is 28.9 Å². The van der Waals surface area contributed by atoms with Crippen molar-refractivity contribution in [3.8, 4) is 6.07 Å². The van der Waals surface area contributed by atoms with Gasteiger partial charge in [-0.05, 0) is 40.1 Å². The Morgan fingerprint density at radius 2 is 1.48 bits per heavy atom. The van der Waals surface area contributed by atoms with Crippen molar-refractivity contribution in [3.05, 3.63) is 83.4 Å². The van der Waals surface area contributed by atoms with E-state index in [4.69, 9.17) is 10.00 Å². The Balaban J connectivity index is 1.65. The lowest BCUT2D eigenvalue weighted by Gasteiger charge is -2.02. The highest BCUT2D eigenvalue weighted by molar-refractivity contribution is 5.84. The van der Waals surface area contributed by atoms with Crippen LogP contribution in [0.15, 0.2) is 66.7 Å². The number of nitriles is 1. The van der Waals surface area contributed by atoms with Gasteiger partial charge in [-0.25, -0.2) is 0 Å². The predicted octanol–water partition coefficient (Wildman–Crippen LogP) is 4.52. The average Bonchev–Trinajstić information content (AvgIpc) is 3.35. The van der Waals surface area contributed by atoms with E-state index in [1.807, 2.05) is 36.4 Å². The second kappa shape index (κ2) is 4.73. The third-order valence-electron chi connectivity index (χ3n) is 3.94. The molecule has 0 aliphatic carbocycles. The van der Waals surface area contributed by atoms with Crippen molar-refractivity contribution >= 4 is 10.8 Å². The summed E-state index contributed by atoms with van der Waals surface area (Å²) in [4.78, 5) is 0. The third kappa shape index (κ3) is 2.18. The number of hydrogen-bond donors (Lipinski definition) is 0. The second-order valence-electron chi connectivity index (χ2n) is 5.32. The molecule has 1 fully saturated rings. The van der Waals surface area contributed by atoms with Gasteiger partial charge in [-0.15, -0.1) is 0 Å². The largest absolute Gasteiger partial charge is 0.359 e. The molecule has 0 saturated carbocycles. The van der Waals surface area contributed by atoms with E-state index in [1.165, 1.54) is 11.1 Å². The summed E-state index contributed by atoms with van der Waals surface area (Å²) in [5.74, 6) is 0. The first-order chi connectivity index (χ1) is 10.3. The Morgan fingerprint density at radius 3 is 2.29 bits per heavy atom. The van der Waals surface area contributed by atoms with Gasteiger partial charge >= 0.3 is 0 Å². The molecule has 4 rings (SSSR count). The highest BCUT2D eigenvalue weighted by Gasteiger charge is 2.41. The first-order valence-electron chi connectivity index (χ1n) is 6.99. The minimum absolute atomic E-state index is 0.146. The number of nitrogens with zero attached hydrogens (tertiary/aromatic N) is 1. The minimum Gasteiger partial charge on any atom is -0.359 e. The molecular weight excluding hydrogens is 258 g/mol. The van der Waals surface area contributed by atoms with E-state index in [0.717, 1.165) is 10.8 Å². The monoisotopic (exact) mass is 271 g/mol. The molecule has 1 saturated heterocycles. The van der Waals surface area contributed by atoms with E-state index in [1.54, 1.807) is 0 Å². The molecule has 0 radical (unpaired) electrons. The van der Waals surface area contributed by atoms with Crippen molar-refractivity contribution in [1.29, 1.82) is 5.26 Å². The van der Waals surface area contributed by atoms with Crippen molar-refractivity contribution in [1.82, 2.24) is 0 Å². The Bertz CT molecular complexity index is 848. The van der Waals surface area contributed by atoms with Crippen molar-refractivity contribution in [2.75, 3.05) is 0 Å². The highest BCUT2D eigenvalue weighted by Crippen LogP contribution is 2.51. The molecule has 3 aromatic carbocycles. The van der Waals surface area contributed by atoms with Gasteiger partial charge < -0.3 is 4.74 Å². The standard InChI is InChI=1S/C19H13NO/c20-12-13-6-7-16-11-17(9-8-15(16)10-13)19-18(21-19)14-4-2-1-3-5-14/h1-11,18-19H. The van der Waals surface area contributed by atoms with E-state index in [9.17, 15) is 0 Å². The summed E-state index contributed by atoms with van der Waals surface area (Å²) in [6.45, 7) is 0. The first kappa shape index (κ1) is 12.1. The van der Waals surface area contributed by atoms with Crippen LogP contribution in [0.25, 0.3) is 10.8 Å². The molecule has 2 heteroatoms. The molecule has 1 aliphatic rings. The van der Waals surface area contributed by atoms with Crippen LogP contribution in [0, 0.1) is 11.3 Å². The average molecular weight is 271 g/mol. The Kier molecular flexibility index (Phi) is 2.73. The maximum Gasteiger partial charge on any atom is 0.114 e. The molecule has 2 unspecified atom stereocenters. The molecule has 2 atom stereocenters. The van der Waals surface area contributed by atoms with Gasteiger partial charge in [0, 0.05) is 0 Å². The van der Waals surface area contributed by atoms with Crippen LogP contribution in [-0.4, -0.2) is 0 Å². The van der Waals surface area contributed by atoms with Crippen molar-refractivity contribution in [2.24, 2.45) is 0 Å². The van der Waals surface area contributed by atoms with Crippen LogP contribution in [0.4, 0.5) is 0 Å². The summed E-state index contributed by atoms with van der Waals surface area (Å²) in [5, 5.41) is 11.2. The van der Waals surface area contributed by atoms with Crippen LogP contribution >= 0.6 is 0 Å². The van der Waals surface area contributed by atoms with Gasteiger partial charge in [0.05, 0.1) is 11.6 Å². The summed E-state index contributed by atoms with van der Waals surface area (Å²) in [7, 11) is 0. The number of hydrogen-bond acceptors (Lipinski definition) is 2. The van der Waals surface area contributed by atoms with Crippen LogP contribution < -0.4 is 0 Å². The minimum atomic E-state index is 0.146. The zero-order chi connectivity index (χ0) is 14.2. The van der Waals surface area contributed by atoms with Gasteiger partial charge in [0.1, 0.15) is 12.2 Å². The lowest BCUT2D eigenvalue weighted by Crippen LogP contribution is -1.85. The molecule has 0 aromatic heterocycles. The molecular formula is C19H13NO. The summed E-state index contributed by atoms with van der Waals surface area (Å²) in [5.41, 5.74) is 3.11. The quantitative estimate of drug-likeness (QED) is 0.642. The fourth-order valence-corrected chi connectivity index (χ4v) is 2.77. The summed E-state index contributed by atoms with van der Waals surface area (Å²) in [6, 6.07) is 24.6. The zero-order valence-corrected chi connectivity index (χ0v) is 11.4. The lowest BCUT2D eigenvalue weighted by molar-refractivity contribution is 0.378. The van der Waals surface area contributed by atoms with E-state index < -0.39 is 0 Å². The summed E-state index contributed by atoms with van der Waals surface area (Å²) >= 11 is 0. The molecule has 1 aliphatic heterocycles. The molecule has 21 heavy (non-hydrogen) atoms. The SMILES string of the molecule is N#Cc1ccc2cc(C3OC3c3ccccc3)ccc2c1. The second-order valence-corrected chi connectivity index (χ2v) is 5.32. The fourth-order valence-electron chi connectivity index (χ4n) is 2.77. The van der Waals surface area contributed by atoms with E-state index in [2.05, 4.69) is 36.4 Å². The maximum absolute atomic E-state index is 8.94. The Hall–Kier alpha value is -2.63. The lowest BCUT2D eigenvalue weighted by atomic mass is 10.0. The maximum atomic E-state index is 8.94. The Labute approximate surface area is 123 Å². The van der Waals surface area contributed by atoms with Gasteiger partial charge in [0.15, 0.2) is 0 Å². The smallest absolute Gasteiger partial charge is 0.114 e. The molecule has 3 aromatic rings. The van der Waals surface area contributed by atoms with E-state index >= 15 is 0 Å². The molecule has 0 bridgehead atoms. The van der Waals surface area contributed by atoms with Gasteiger partial charge in [0.2, 0.25) is 0 Å². The summed E-state index contributed by atoms with van der Waals surface area (Å²) in [6.07, 6.45) is 0.314.